The summed E-state index contributed by atoms with van der Waals surface area (Å²) in [5.41, 5.74) is 8.21. The Morgan fingerprint density at radius 2 is 2.10 bits per heavy atom. The molecule has 2 aromatic carbocycles. The zero-order valence-corrected chi connectivity index (χ0v) is 17.0. The van der Waals surface area contributed by atoms with E-state index < -0.39 is 5.41 Å². The summed E-state index contributed by atoms with van der Waals surface area (Å²) in [7, 11) is 1.60. The van der Waals surface area contributed by atoms with Crippen LogP contribution in [0, 0.1) is 18.3 Å². The molecular formula is C23H19N5O3. The lowest BCUT2D eigenvalue weighted by molar-refractivity contribution is -0.121. The van der Waals surface area contributed by atoms with Gasteiger partial charge >= 0.3 is 0 Å². The first-order chi connectivity index (χ1) is 15.0. The van der Waals surface area contributed by atoms with E-state index in [1.165, 1.54) is 0 Å². The molecule has 1 aromatic heterocycles. The minimum absolute atomic E-state index is 0.0649. The van der Waals surface area contributed by atoms with Crippen molar-refractivity contribution in [3.05, 3.63) is 82.4 Å². The van der Waals surface area contributed by atoms with E-state index in [-0.39, 0.29) is 23.2 Å². The normalized spacial score (nSPS) is 19.1. The summed E-state index contributed by atoms with van der Waals surface area (Å²) in [5, 5.41) is 17.1. The molecule has 2 aliphatic heterocycles. The van der Waals surface area contributed by atoms with Gasteiger partial charge in [-0.2, -0.15) is 5.26 Å². The quantitative estimate of drug-likeness (QED) is 0.682. The smallest absolute Gasteiger partial charge is 0.248 e. The van der Waals surface area contributed by atoms with Crippen LogP contribution in [0.1, 0.15) is 22.4 Å². The number of amides is 1. The molecule has 154 valence electrons. The maximum absolute atomic E-state index is 14.2. The van der Waals surface area contributed by atoms with Crippen molar-refractivity contribution in [2.75, 3.05) is 12.0 Å². The number of methoxy groups -OCH3 is 1. The molecule has 8 nitrogen and oxygen atoms in total. The molecule has 1 unspecified atom stereocenters. The van der Waals surface area contributed by atoms with Crippen LogP contribution in [0.2, 0.25) is 0 Å². The number of hydrogen-bond acceptors (Lipinski definition) is 6. The van der Waals surface area contributed by atoms with E-state index in [1.54, 1.807) is 18.9 Å². The molecule has 31 heavy (non-hydrogen) atoms. The van der Waals surface area contributed by atoms with Crippen molar-refractivity contribution in [1.82, 2.24) is 10.2 Å². The molecule has 8 heteroatoms. The number of nitrogens with one attached hydrogen (secondary N) is 1. The number of aryl methyl sites for hydroxylation is 1. The van der Waals surface area contributed by atoms with Gasteiger partial charge in [-0.05, 0) is 30.7 Å². The summed E-state index contributed by atoms with van der Waals surface area (Å²) < 4.78 is 10.9. The third kappa shape index (κ3) is 2.40. The van der Waals surface area contributed by atoms with Crippen molar-refractivity contribution >= 4 is 11.6 Å². The number of anilines is 1. The van der Waals surface area contributed by atoms with Gasteiger partial charge in [-0.3, -0.25) is 9.89 Å². The Morgan fingerprint density at radius 3 is 2.87 bits per heavy atom. The molecule has 3 N–H and O–H groups in total. The number of carbonyl (C=O) groups is 1. The second kappa shape index (κ2) is 6.64. The van der Waals surface area contributed by atoms with E-state index in [4.69, 9.17) is 15.2 Å². The Hall–Kier alpha value is -4.25. The topological polar surface area (TPSA) is 117 Å². The molecule has 3 aromatic rings. The van der Waals surface area contributed by atoms with Crippen LogP contribution in [-0.4, -0.2) is 23.2 Å². The Labute approximate surface area is 178 Å². The molecule has 5 rings (SSSR count). The Morgan fingerprint density at radius 1 is 1.29 bits per heavy atom. The molecule has 1 atom stereocenters. The minimum Gasteiger partial charge on any atom is -0.497 e. The third-order valence-corrected chi connectivity index (χ3v) is 5.87. The first-order valence-corrected chi connectivity index (χ1v) is 9.70. The number of rotatable bonds is 3. The molecule has 1 spiro atoms. The number of H-pyrrole nitrogens is 1. The Kier molecular flexibility index (Phi) is 4.02. The average molecular weight is 413 g/mol. The van der Waals surface area contributed by atoms with Crippen LogP contribution in [0.25, 0.3) is 0 Å². The van der Waals surface area contributed by atoms with Crippen LogP contribution in [0.5, 0.6) is 11.6 Å². The highest BCUT2D eigenvalue weighted by Crippen LogP contribution is 2.55. The molecule has 0 aliphatic carbocycles. The zero-order chi connectivity index (χ0) is 21.8. The summed E-state index contributed by atoms with van der Waals surface area (Å²) in [6.45, 7) is 2.11. The van der Waals surface area contributed by atoms with Crippen molar-refractivity contribution in [3.63, 3.8) is 0 Å². The van der Waals surface area contributed by atoms with Crippen LogP contribution >= 0.6 is 0 Å². The van der Waals surface area contributed by atoms with Crippen LogP contribution in [0.15, 0.2) is 60.0 Å². The molecule has 1 amide bonds. The number of para-hydroxylation sites is 1. The molecule has 0 saturated heterocycles. The summed E-state index contributed by atoms with van der Waals surface area (Å²) in [6, 6.07) is 17.1. The number of nitrogens with two attached hydrogens (primary N) is 1. The van der Waals surface area contributed by atoms with E-state index in [9.17, 15) is 10.1 Å². The van der Waals surface area contributed by atoms with Gasteiger partial charge in [0.15, 0.2) is 0 Å². The van der Waals surface area contributed by atoms with Crippen molar-refractivity contribution in [2.45, 2.75) is 18.9 Å². The van der Waals surface area contributed by atoms with Crippen LogP contribution in [0.4, 0.5) is 5.69 Å². The maximum Gasteiger partial charge on any atom is 0.248 e. The van der Waals surface area contributed by atoms with Crippen LogP contribution < -0.4 is 20.1 Å². The van der Waals surface area contributed by atoms with E-state index in [0.29, 0.717) is 34.8 Å². The summed E-state index contributed by atoms with van der Waals surface area (Å²) in [5.74, 6) is 0.520. The highest BCUT2D eigenvalue weighted by molar-refractivity contribution is 6.14. The monoisotopic (exact) mass is 413 g/mol. The number of fused-ring (bicyclic) bond motifs is 4. The number of aromatic amines is 1. The van der Waals surface area contributed by atoms with E-state index >= 15 is 0 Å². The first-order valence-electron chi connectivity index (χ1n) is 9.70. The second-order valence-electron chi connectivity index (χ2n) is 7.49. The van der Waals surface area contributed by atoms with Gasteiger partial charge in [0.25, 0.3) is 0 Å². The Balaban J connectivity index is 1.75. The highest BCUT2D eigenvalue weighted by atomic mass is 16.5. The first kappa shape index (κ1) is 18.8. The molecule has 0 fully saturated rings. The Bertz CT molecular complexity index is 1300. The highest BCUT2D eigenvalue weighted by Gasteiger charge is 2.60. The molecule has 0 bridgehead atoms. The van der Waals surface area contributed by atoms with Gasteiger partial charge in [0.05, 0.1) is 19.2 Å². The van der Waals surface area contributed by atoms with Gasteiger partial charge < -0.3 is 20.1 Å². The van der Waals surface area contributed by atoms with Gasteiger partial charge in [0.2, 0.25) is 17.7 Å². The molecule has 3 heterocycles. The van der Waals surface area contributed by atoms with Crippen LogP contribution in [-0.2, 0) is 16.8 Å². The van der Waals surface area contributed by atoms with Gasteiger partial charge in [-0.25, -0.2) is 0 Å². The van der Waals surface area contributed by atoms with Crippen molar-refractivity contribution in [1.29, 1.82) is 5.26 Å². The SMILES string of the molecule is COc1cccc(CN2C(=O)C3(C(C#N)=C(N)Oc4n[nH]c(C)c43)c3ccccc32)c1. The zero-order valence-electron chi connectivity index (χ0n) is 17.0. The number of nitriles is 1. The standard InChI is InChI=1S/C23H19N5O3/c1-13-19-21(27-26-13)31-20(25)17(11-24)23(19)16-8-3-4-9-18(16)28(22(23)29)12-14-6-5-7-15(10-14)30-2/h3-10H,12,25H2,1-2H3,(H,26,27). The number of benzene rings is 2. The molecule has 0 saturated carbocycles. The van der Waals surface area contributed by atoms with Gasteiger partial charge in [-0.15, -0.1) is 5.10 Å². The van der Waals surface area contributed by atoms with Gasteiger partial charge in [-0.1, -0.05) is 30.3 Å². The number of carbonyl (C=O) groups excluding carboxylic acids is 1. The molecule has 2 aliphatic rings. The predicted octanol–water partition coefficient (Wildman–Crippen LogP) is 2.65. The third-order valence-electron chi connectivity index (χ3n) is 5.87. The number of aromatic nitrogens is 2. The fourth-order valence-corrected chi connectivity index (χ4v) is 4.57. The summed E-state index contributed by atoms with van der Waals surface area (Å²) in [4.78, 5) is 15.9. The number of hydrogen-bond donors (Lipinski definition) is 2. The minimum atomic E-state index is -1.42. The fraction of sp³-hybridized carbons (Fsp3) is 0.174. The molecular weight excluding hydrogens is 394 g/mol. The number of ether oxygens (including phenoxy) is 2. The van der Waals surface area contributed by atoms with E-state index in [2.05, 4.69) is 16.3 Å². The largest absolute Gasteiger partial charge is 0.497 e. The van der Waals surface area contributed by atoms with Gasteiger partial charge in [0, 0.05) is 16.9 Å². The van der Waals surface area contributed by atoms with Crippen molar-refractivity contribution in [3.8, 4) is 17.7 Å². The van der Waals surface area contributed by atoms with Gasteiger partial charge in [0.1, 0.15) is 22.8 Å². The lowest BCUT2D eigenvalue weighted by atomic mass is 9.69. The molecule has 0 radical (unpaired) electrons. The number of nitrogens with zero attached hydrogens (tertiary/aromatic N) is 3. The van der Waals surface area contributed by atoms with Crippen LogP contribution in [0.3, 0.4) is 0 Å². The summed E-state index contributed by atoms with van der Waals surface area (Å²) >= 11 is 0. The van der Waals surface area contributed by atoms with Crippen molar-refractivity contribution in [2.24, 2.45) is 5.73 Å². The van der Waals surface area contributed by atoms with E-state index in [1.807, 2.05) is 48.5 Å². The predicted molar refractivity (Wildman–Crippen MR) is 112 cm³/mol. The fourth-order valence-electron chi connectivity index (χ4n) is 4.57. The average Bonchev–Trinajstić information content (AvgIpc) is 3.26. The second-order valence-corrected chi connectivity index (χ2v) is 7.49. The lowest BCUT2D eigenvalue weighted by Gasteiger charge is -2.32. The maximum atomic E-state index is 14.2. The van der Waals surface area contributed by atoms with E-state index in [0.717, 1.165) is 5.56 Å². The lowest BCUT2D eigenvalue weighted by Crippen LogP contribution is -2.45. The van der Waals surface area contributed by atoms with Crippen molar-refractivity contribution < 1.29 is 14.3 Å². The summed E-state index contributed by atoms with van der Waals surface area (Å²) in [6.07, 6.45) is 0.